The molecule has 2 N–H and O–H groups in total. The van der Waals surface area contributed by atoms with Gasteiger partial charge >= 0.3 is 0 Å². The first-order valence-corrected chi connectivity index (χ1v) is 7.10. The van der Waals surface area contributed by atoms with Crippen molar-refractivity contribution in [2.24, 2.45) is 5.73 Å². The minimum absolute atomic E-state index is 0.0466. The number of nitrogens with two attached hydrogens (primary N) is 1. The van der Waals surface area contributed by atoms with E-state index in [-0.39, 0.29) is 5.78 Å². The topological polar surface area (TPSA) is 56.0 Å². The monoisotopic (exact) mass is 316 g/mol. The van der Waals surface area contributed by atoms with Gasteiger partial charge in [0.05, 0.1) is 3.79 Å². The molecule has 0 aliphatic rings. The lowest BCUT2D eigenvalue weighted by atomic mass is 10.2. The SMILES string of the molecule is NCc1nc(C(=O)Cc2ccc(Br)s2)cs1. The van der Waals surface area contributed by atoms with Gasteiger partial charge in [0.2, 0.25) is 0 Å². The van der Waals surface area contributed by atoms with E-state index < -0.39 is 0 Å². The van der Waals surface area contributed by atoms with Gasteiger partial charge in [-0.2, -0.15) is 0 Å². The number of nitrogens with zero attached hydrogens (tertiary/aromatic N) is 1. The van der Waals surface area contributed by atoms with Crippen LogP contribution in [0.25, 0.3) is 0 Å². The molecule has 0 amide bonds. The predicted molar refractivity (Wildman–Crippen MR) is 70.1 cm³/mol. The van der Waals surface area contributed by atoms with Gasteiger partial charge in [0.25, 0.3) is 0 Å². The van der Waals surface area contributed by atoms with Crippen molar-refractivity contribution in [3.8, 4) is 0 Å². The molecule has 6 heteroatoms. The summed E-state index contributed by atoms with van der Waals surface area (Å²) < 4.78 is 1.04. The maximum Gasteiger partial charge on any atom is 0.187 e. The highest BCUT2D eigenvalue weighted by molar-refractivity contribution is 9.11. The van der Waals surface area contributed by atoms with Crippen molar-refractivity contribution < 1.29 is 4.79 Å². The molecule has 0 aromatic carbocycles. The quantitative estimate of drug-likeness (QED) is 0.882. The Morgan fingerprint density at radius 2 is 2.31 bits per heavy atom. The fraction of sp³-hybridized carbons (Fsp3) is 0.200. The van der Waals surface area contributed by atoms with E-state index in [9.17, 15) is 4.79 Å². The number of halogens is 1. The van der Waals surface area contributed by atoms with Gasteiger partial charge in [-0.15, -0.1) is 22.7 Å². The summed E-state index contributed by atoms with van der Waals surface area (Å²) in [7, 11) is 0. The third-order valence-corrected chi connectivity index (χ3v) is 4.47. The van der Waals surface area contributed by atoms with Crippen LogP contribution in [-0.2, 0) is 13.0 Å². The van der Waals surface area contributed by atoms with E-state index in [0.29, 0.717) is 18.7 Å². The molecule has 0 spiro atoms. The molecule has 16 heavy (non-hydrogen) atoms. The van der Waals surface area contributed by atoms with Crippen molar-refractivity contribution in [1.82, 2.24) is 4.98 Å². The molecule has 0 aliphatic heterocycles. The van der Waals surface area contributed by atoms with Crippen molar-refractivity contribution in [2.75, 3.05) is 0 Å². The number of carbonyl (C=O) groups excluding carboxylic acids is 1. The molecule has 0 atom stereocenters. The lowest BCUT2D eigenvalue weighted by Gasteiger charge is -1.93. The Morgan fingerprint density at radius 1 is 1.50 bits per heavy atom. The molecule has 0 bridgehead atoms. The third-order valence-electron chi connectivity index (χ3n) is 1.98. The number of aromatic nitrogens is 1. The number of carbonyl (C=O) groups is 1. The van der Waals surface area contributed by atoms with Crippen LogP contribution < -0.4 is 5.73 Å². The minimum Gasteiger partial charge on any atom is -0.325 e. The number of ketones is 1. The lowest BCUT2D eigenvalue weighted by Crippen LogP contribution is -2.04. The first-order chi connectivity index (χ1) is 7.69. The molecule has 84 valence electrons. The number of thiophene rings is 1. The van der Waals surface area contributed by atoms with E-state index in [1.54, 1.807) is 16.7 Å². The largest absolute Gasteiger partial charge is 0.325 e. The maximum absolute atomic E-state index is 11.8. The number of hydrogen-bond donors (Lipinski definition) is 1. The van der Waals surface area contributed by atoms with E-state index in [1.165, 1.54) is 11.3 Å². The van der Waals surface area contributed by atoms with Crippen molar-refractivity contribution >= 4 is 44.4 Å². The van der Waals surface area contributed by atoms with Crippen molar-refractivity contribution in [1.29, 1.82) is 0 Å². The van der Waals surface area contributed by atoms with Crippen LogP contribution in [0.4, 0.5) is 0 Å². The van der Waals surface area contributed by atoms with E-state index >= 15 is 0 Å². The molecule has 0 saturated heterocycles. The molecule has 3 nitrogen and oxygen atoms in total. The molecule has 0 fully saturated rings. The van der Waals surface area contributed by atoms with Gasteiger partial charge in [0.1, 0.15) is 10.7 Å². The Balaban J connectivity index is 2.08. The lowest BCUT2D eigenvalue weighted by molar-refractivity contribution is 0.0989. The van der Waals surface area contributed by atoms with Gasteiger partial charge in [0, 0.05) is 23.2 Å². The average Bonchev–Trinajstić information content (AvgIpc) is 2.87. The summed E-state index contributed by atoms with van der Waals surface area (Å²) in [5.74, 6) is 0.0466. The average molecular weight is 317 g/mol. The Labute approximate surface area is 109 Å². The third kappa shape index (κ3) is 2.76. The van der Waals surface area contributed by atoms with Crippen LogP contribution in [-0.4, -0.2) is 10.8 Å². The molecular formula is C10H9BrN2OS2. The second-order valence-electron chi connectivity index (χ2n) is 3.14. The molecule has 2 aromatic rings. The minimum atomic E-state index is 0.0466. The number of hydrogen-bond acceptors (Lipinski definition) is 5. The fourth-order valence-corrected chi connectivity index (χ4v) is 3.39. The summed E-state index contributed by atoms with van der Waals surface area (Å²) >= 11 is 6.37. The molecule has 0 radical (unpaired) electrons. The van der Waals surface area contributed by atoms with Crippen molar-refractivity contribution in [2.45, 2.75) is 13.0 Å². The van der Waals surface area contributed by atoms with Crippen LogP contribution in [0.5, 0.6) is 0 Å². The van der Waals surface area contributed by atoms with Gasteiger partial charge < -0.3 is 5.73 Å². The summed E-state index contributed by atoms with van der Waals surface area (Å²) in [6.07, 6.45) is 0.407. The summed E-state index contributed by atoms with van der Waals surface area (Å²) in [5.41, 5.74) is 5.97. The summed E-state index contributed by atoms with van der Waals surface area (Å²) in [6, 6.07) is 3.89. The Kier molecular flexibility index (Phi) is 3.86. The normalized spacial score (nSPS) is 10.6. The number of rotatable bonds is 4. The maximum atomic E-state index is 11.8. The van der Waals surface area contributed by atoms with Crippen LogP contribution in [0, 0.1) is 0 Å². The van der Waals surface area contributed by atoms with Gasteiger partial charge in [-0.05, 0) is 28.1 Å². The van der Waals surface area contributed by atoms with Crippen LogP contribution in [0.15, 0.2) is 21.3 Å². The molecule has 2 heterocycles. The first kappa shape index (κ1) is 11.9. The van der Waals surface area contributed by atoms with Crippen LogP contribution in [0.1, 0.15) is 20.4 Å². The Morgan fingerprint density at radius 3 is 2.88 bits per heavy atom. The zero-order chi connectivity index (χ0) is 11.5. The second kappa shape index (κ2) is 5.18. The van der Waals surface area contributed by atoms with Crippen molar-refractivity contribution in [3.05, 3.63) is 36.9 Å². The van der Waals surface area contributed by atoms with E-state index in [4.69, 9.17) is 5.73 Å². The highest BCUT2D eigenvalue weighted by Crippen LogP contribution is 2.23. The van der Waals surface area contributed by atoms with E-state index in [0.717, 1.165) is 13.7 Å². The van der Waals surface area contributed by atoms with Crippen molar-refractivity contribution in [3.63, 3.8) is 0 Å². The smallest absolute Gasteiger partial charge is 0.187 e. The first-order valence-electron chi connectivity index (χ1n) is 4.61. The van der Waals surface area contributed by atoms with Gasteiger partial charge in [0.15, 0.2) is 5.78 Å². The molecule has 0 saturated carbocycles. The fourth-order valence-electron chi connectivity index (χ4n) is 1.23. The highest BCUT2D eigenvalue weighted by atomic mass is 79.9. The Hall–Kier alpha value is -0.560. The molecule has 2 aromatic heterocycles. The van der Waals surface area contributed by atoms with E-state index in [1.807, 2.05) is 12.1 Å². The summed E-state index contributed by atoms with van der Waals surface area (Å²) in [6.45, 7) is 0.391. The molecule has 0 aliphatic carbocycles. The Bertz CT molecular complexity index is 506. The zero-order valence-corrected chi connectivity index (χ0v) is 11.5. The summed E-state index contributed by atoms with van der Waals surface area (Å²) in [5, 5.41) is 2.57. The molecular weight excluding hydrogens is 308 g/mol. The molecule has 2 rings (SSSR count). The van der Waals surface area contributed by atoms with E-state index in [2.05, 4.69) is 20.9 Å². The highest BCUT2D eigenvalue weighted by Gasteiger charge is 2.12. The predicted octanol–water partition coefficient (Wildman–Crippen LogP) is 2.85. The zero-order valence-electron chi connectivity index (χ0n) is 8.27. The van der Waals surface area contributed by atoms with Gasteiger partial charge in [-0.3, -0.25) is 4.79 Å². The van der Waals surface area contributed by atoms with Crippen LogP contribution in [0.3, 0.4) is 0 Å². The number of Topliss-reactive ketones (excluding diaryl/α,β-unsaturated/α-hetero) is 1. The van der Waals surface area contributed by atoms with Gasteiger partial charge in [-0.25, -0.2) is 4.98 Å². The van der Waals surface area contributed by atoms with Crippen LogP contribution in [0.2, 0.25) is 0 Å². The second-order valence-corrected chi connectivity index (χ2v) is 6.63. The summed E-state index contributed by atoms with van der Waals surface area (Å²) in [4.78, 5) is 17.1. The number of thiazole rings is 1. The molecule has 0 unspecified atom stereocenters. The standard InChI is InChI=1S/C10H9BrN2OS2/c11-9-2-1-6(16-9)3-8(14)7-5-15-10(4-12)13-7/h1-2,5H,3-4,12H2. The van der Waals surface area contributed by atoms with Crippen LogP contribution >= 0.6 is 38.6 Å². The van der Waals surface area contributed by atoms with Gasteiger partial charge in [-0.1, -0.05) is 0 Å².